The summed E-state index contributed by atoms with van der Waals surface area (Å²) in [5.41, 5.74) is 5.05. The Balaban J connectivity index is 2.07. The average Bonchev–Trinajstić information content (AvgIpc) is 2.37. The molecule has 0 fully saturated rings. The highest BCUT2D eigenvalue weighted by atomic mass is 127. The molecule has 0 heterocycles. The number of carbonyl (C=O) groups is 1. The second-order valence-electron chi connectivity index (χ2n) is 4.84. The number of amides is 2. The van der Waals surface area contributed by atoms with Gasteiger partial charge in [-0.15, -0.1) is 0 Å². The lowest BCUT2D eigenvalue weighted by Gasteiger charge is -2.11. The van der Waals surface area contributed by atoms with Crippen molar-refractivity contribution in [2.24, 2.45) is 0 Å². The molecule has 0 aliphatic carbocycles. The largest absolute Gasteiger partial charge is 0.323 e. The van der Waals surface area contributed by atoms with E-state index < -0.39 is 0 Å². The van der Waals surface area contributed by atoms with E-state index in [1.807, 2.05) is 57.2 Å². The highest BCUT2D eigenvalue weighted by Gasteiger charge is 2.05. The molecular formula is C16H17IN2O. The Morgan fingerprint density at radius 1 is 0.900 bits per heavy atom. The van der Waals surface area contributed by atoms with Crippen LogP contribution in [0.2, 0.25) is 0 Å². The third-order valence-corrected chi connectivity index (χ3v) is 3.87. The maximum atomic E-state index is 12.0. The molecule has 0 radical (unpaired) electrons. The summed E-state index contributed by atoms with van der Waals surface area (Å²) in [4.78, 5) is 12.0. The number of anilines is 2. The van der Waals surface area contributed by atoms with Crippen LogP contribution < -0.4 is 10.6 Å². The van der Waals surface area contributed by atoms with Gasteiger partial charge in [0.25, 0.3) is 0 Å². The summed E-state index contributed by atoms with van der Waals surface area (Å²) < 4.78 is 1.15. The summed E-state index contributed by atoms with van der Waals surface area (Å²) in [5, 5.41) is 5.71. The lowest BCUT2D eigenvalue weighted by molar-refractivity contribution is 0.262. The number of halogens is 1. The van der Waals surface area contributed by atoms with Crippen molar-refractivity contribution in [1.82, 2.24) is 0 Å². The van der Waals surface area contributed by atoms with E-state index in [0.29, 0.717) is 0 Å². The molecule has 3 nitrogen and oxygen atoms in total. The minimum absolute atomic E-state index is 0.224. The van der Waals surface area contributed by atoms with E-state index in [1.165, 1.54) is 5.56 Å². The summed E-state index contributed by atoms with van der Waals surface area (Å²) in [6.45, 7) is 6.06. The van der Waals surface area contributed by atoms with E-state index in [0.717, 1.165) is 26.1 Å². The zero-order valence-electron chi connectivity index (χ0n) is 11.8. The molecule has 0 aromatic heterocycles. The van der Waals surface area contributed by atoms with E-state index in [4.69, 9.17) is 0 Å². The second-order valence-corrected chi connectivity index (χ2v) is 6.08. The van der Waals surface area contributed by atoms with Crippen LogP contribution >= 0.6 is 22.6 Å². The van der Waals surface area contributed by atoms with Gasteiger partial charge in [0.15, 0.2) is 0 Å². The van der Waals surface area contributed by atoms with Gasteiger partial charge in [-0.2, -0.15) is 0 Å². The SMILES string of the molecule is Cc1ccc(NC(=O)Nc2ccc(I)cc2C)cc1C. The Morgan fingerprint density at radius 3 is 2.30 bits per heavy atom. The molecule has 2 aromatic carbocycles. The summed E-state index contributed by atoms with van der Waals surface area (Å²) >= 11 is 2.25. The van der Waals surface area contributed by atoms with Crippen molar-refractivity contribution in [3.05, 3.63) is 56.7 Å². The summed E-state index contributed by atoms with van der Waals surface area (Å²) in [5.74, 6) is 0. The topological polar surface area (TPSA) is 41.1 Å². The van der Waals surface area contributed by atoms with Gasteiger partial charge in [-0.05, 0) is 90.4 Å². The molecule has 104 valence electrons. The van der Waals surface area contributed by atoms with Crippen molar-refractivity contribution < 1.29 is 4.79 Å². The lowest BCUT2D eigenvalue weighted by Crippen LogP contribution is -2.20. The molecule has 0 bridgehead atoms. The quantitative estimate of drug-likeness (QED) is 0.718. The third kappa shape index (κ3) is 3.72. The summed E-state index contributed by atoms with van der Waals surface area (Å²) in [7, 11) is 0. The highest BCUT2D eigenvalue weighted by Crippen LogP contribution is 2.19. The van der Waals surface area contributed by atoms with Crippen molar-refractivity contribution in [1.29, 1.82) is 0 Å². The fraction of sp³-hybridized carbons (Fsp3) is 0.188. The van der Waals surface area contributed by atoms with Gasteiger partial charge in [0.2, 0.25) is 0 Å². The molecule has 2 N–H and O–H groups in total. The van der Waals surface area contributed by atoms with Gasteiger partial charge in [-0.25, -0.2) is 4.79 Å². The molecule has 0 aliphatic heterocycles. The molecule has 2 amide bonds. The van der Waals surface area contributed by atoms with Crippen LogP contribution in [-0.4, -0.2) is 6.03 Å². The number of nitrogens with one attached hydrogen (secondary N) is 2. The molecule has 0 unspecified atom stereocenters. The van der Waals surface area contributed by atoms with Crippen LogP contribution in [0.15, 0.2) is 36.4 Å². The minimum atomic E-state index is -0.224. The zero-order chi connectivity index (χ0) is 14.7. The van der Waals surface area contributed by atoms with E-state index in [9.17, 15) is 4.79 Å². The number of benzene rings is 2. The average molecular weight is 380 g/mol. The normalized spacial score (nSPS) is 10.2. The van der Waals surface area contributed by atoms with Gasteiger partial charge >= 0.3 is 6.03 Å². The molecule has 0 saturated heterocycles. The van der Waals surface area contributed by atoms with Gasteiger partial charge in [0, 0.05) is 14.9 Å². The Labute approximate surface area is 132 Å². The maximum Gasteiger partial charge on any atom is 0.323 e. The Morgan fingerprint density at radius 2 is 1.65 bits per heavy atom. The van der Waals surface area contributed by atoms with Crippen molar-refractivity contribution in [3.8, 4) is 0 Å². The molecular weight excluding hydrogens is 363 g/mol. The minimum Gasteiger partial charge on any atom is -0.308 e. The van der Waals surface area contributed by atoms with E-state index in [1.54, 1.807) is 0 Å². The first kappa shape index (κ1) is 14.8. The lowest BCUT2D eigenvalue weighted by atomic mass is 10.1. The van der Waals surface area contributed by atoms with Crippen LogP contribution in [0, 0.1) is 24.3 Å². The van der Waals surface area contributed by atoms with E-state index >= 15 is 0 Å². The van der Waals surface area contributed by atoms with Gasteiger partial charge in [0.1, 0.15) is 0 Å². The summed E-state index contributed by atoms with van der Waals surface area (Å²) in [6.07, 6.45) is 0. The van der Waals surface area contributed by atoms with Crippen molar-refractivity contribution in [2.45, 2.75) is 20.8 Å². The zero-order valence-corrected chi connectivity index (χ0v) is 13.9. The highest BCUT2D eigenvalue weighted by molar-refractivity contribution is 14.1. The first-order valence-corrected chi connectivity index (χ1v) is 7.45. The first-order valence-electron chi connectivity index (χ1n) is 6.37. The Bertz CT molecular complexity index is 653. The predicted octanol–water partition coefficient (Wildman–Crippen LogP) is 4.86. The number of rotatable bonds is 2. The second kappa shape index (κ2) is 6.26. The number of hydrogen-bond donors (Lipinski definition) is 2. The fourth-order valence-corrected chi connectivity index (χ4v) is 2.52. The predicted molar refractivity (Wildman–Crippen MR) is 92.5 cm³/mol. The third-order valence-electron chi connectivity index (χ3n) is 3.20. The molecule has 2 rings (SSSR count). The smallest absolute Gasteiger partial charge is 0.308 e. The molecule has 0 atom stereocenters. The number of urea groups is 1. The summed E-state index contributed by atoms with van der Waals surface area (Å²) in [6, 6.07) is 11.6. The van der Waals surface area contributed by atoms with Crippen molar-refractivity contribution in [3.63, 3.8) is 0 Å². The standard InChI is InChI=1S/C16H17IN2O/c1-10-4-6-14(9-11(10)2)18-16(20)19-15-7-5-13(17)8-12(15)3/h4-9H,1-3H3,(H2,18,19,20). The van der Waals surface area contributed by atoms with Gasteiger partial charge in [0.05, 0.1) is 0 Å². The number of carbonyl (C=O) groups excluding carboxylic acids is 1. The van der Waals surface area contributed by atoms with Crippen molar-refractivity contribution in [2.75, 3.05) is 10.6 Å². The van der Waals surface area contributed by atoms with E-state index in [-0.39, 0.29) is 6.03 Å². The Kier molecular flexibility index (Phi) is 4.65. The number of hydrogen-bond acceptors (Lipinski definition) is 1. The fourth-order valence-electron chi connectivity index (χ4n) is 1.87. The van der Waals surface area contributed by atoms with E-state index in [2.05, 4.69) is 33.2 Å². The monoisotopic (exact) mass is 380 g/mol. The van der Waals surface area contributed by atoms with Crippen LogP contribution in [0.1, 0.15) is 16.7 Å². The Hall–Kier alpha value is -1.56. The van der Waals surface area contributed by atoms with Crippen LogP contribution in [0.4, 0.5) is 16.2 Å². The molecule has 2 aromatic rings. The molecule has 0 spiro atoms. The first-order chi connectivity index (χ1) is 9.45. The van der Waals surface area contributed by atoms with Crippen LogP contribution in [0.3, 0.4) is 0 Å². The van der Waals surface area contributed by atoms with Gasteiger partial charge in [-0.3, -0.25) is 0 Å². The maximum absolute atomic E-state index is 12.0. The molecule has 4 heteroatoms. The van der Waals surface area contributed by atoms with Crippen LogP contribution in [0.5, 0.6) is 0 Å². The molecule has 0 aliphatic rings. The van der Waals surface area contributed by atoms with Crippen LogP contribution in [0.25, 0.3) is 0 Å². The molecule has 20 heavy (non-hydrogen) atoms. The van der Waals surface area contributed by atoms with Crippen LogP contribution in [-0.2, 0) is 0 Å². The van der Waals surface area contributed by atoms with Gasteiger partial charge in [-0.1, -0.05) is 6.07 Å². The number of aryl methyl sites for hydroxylation is 3. The van der Waals surface area contributed by atoms with Crippen molar-refractivity contribution >= 4 is 40.0 Å². The molecule has 0 saturated carbocycles. The van der Waals surface area contributed by atoms with Gasteiger partial charge < -0.3 is 10.6 Å².